The number of amides is 4. The number of imide groups is 2. The van der Waals surface area contributed by atoms with Gasteiger partial charge in [0.2, 0.25) is 0 Å². The SMILES string of the molecule is CCC(C)c1ccc(N2C(=O)NC(=O)/C(=C/c3cccn3Cc3ccccc3)C2=O)cc1. The molecule has 2 heterocycles. The van der Waals surface area contributed by atoms with Crippen LogP contribution in [-0.2, 0) is 16.1 Å². The normalized spacial score (nSPS) is 16.4. The Bertz CT molecular complexity index is 1180. The van der Waals surface area contributed by atoms with Crippen LogP contribution < -0.4 is 10.2 Å². The zero-order chi connectivity index (χ0) is 22.7. The fourth-order valence-electron chi connectivity index (χ4n) is 3.71. The summed E-state index contributed by atoms with van der Waals surface area (Å²) in [6.45, 7) is 4.83. The molecule has 0 saturated carbocycles. The standard InChI is InChI=1S/C26H25N3O3/c1-3-18(2)20-11-13-21(14-12-20)29-25(31)23(24(30)27-26(29)32)16-22-10-7-15-28(22)17-19-8-5-4-6-9-19/h4-16,18H,3,17H2,1-2H3,(H,27,30,32)/b23-16-. The number of rotatable bonds is 6. The number of carbonyl (C=O) groups excluding carboxylic acids is 3. The van der Waals surface area contributed by atoms with E-state index >= 15 is 0 Å². The first-order valence-electron chi connectivity index (χ1n) is 10.7. The predicted octanol–water partition coefficient (Wildman–Crippen LogP) is 4.72. The topological polar surface area (TPSA) is 71.4 Å². The van der Waals surface area contributed by atoms with Gasteiger partial charge in [-0.1, -0.05) is 56.3 Å². The summed E-state index contributed by atoms with van der Waals surface area (Å²) in [5.74, 6) is -0.952. The second-order valence-corrected chi connectivity index (χ2v) is 7.91. The number of hydrogen-bond donors (Lipinski definition) is 1. The Kier molecular flexibility index (Phi) is 6.03. The molecule has 1 atom stereocenters. The number of carbonyl (C=O) groups is 3. The maximum absolute atomic E-state index is 13.2. The zero-order valence-corrected chi connectivity index (χ0v) is 18.1. The average molecular weight is 428 g/mol. The summed E-state index contributed by atoms with van der Waals surface area (Å²) in [5, 5.41) is 2.29. The van der Waals surface area contributed by atoms with Gasteiger partial charge in [-0.3, -0.25) is 14.9 Å². The molecule has 32 heavy (non-hydrogen) atoms. The van der Waals surface area contributed by atoms with Crippen molar-refractivity contribution in [2.75, 3.05) is 4.90 Å². The van der Waals surface area contributed by atoms with E-state index in [1.54, 1.807) is 12.1 Å². The Labute approximate surface area is 187 Å². The number of benzene rings is 2. The van der Waals surface area contributed by atoms with Crippen molar-refractivity contribution < 1.29 is 14.4 Å². The second-order valence-electron chi connectivity index (χ2n) is 7.91. The van der Waals surface area contributed by atoms with Crippen molar-refractivity contribution >= 4 is 29.6 Å². The number of hydrogen-bond acceptors (Lipinski definition) is 3. The van der Waals surface area contributed by atoms with Crippen LogP contribution in [0.15, 0.2) is 78.5 Å². The molecule has 2 aromatic carbocycles. The lowest BCUT2D eigenvalue weighted by Gasteiger charge is -2.26. The van der Waals surface area contributed by atoms with Crippen molar-refractivity contribution in [3.63, 3.8) is 0 Å². The van der Waals surface area contributed by atoms with Crippen molar-refractivity contribution in [3.05, 3.63) is 95.3 Å². The first-order chi connectivity index (χ1) is 15.5. The minimum Gasteiger partial charge on any atom is -0.344 e. The maximum Gasteiger partial charge on any atom is 0.335 e. The minimum absolute atomic E-state index is 0.0800. The van der Waals surface area contributed by atoms with Gasteiger partial charge in [-0.25, -0.2) is 9.69 Å². The Morgan fingerprint density at radius 3 is 2.34 bits per heavy atom. The van der Waals surface area contributed by atoms with Crippen LogP contribution in [0, 0.1) is 0 Å². The van der Waals surface area contributed by atoms with Gasteiger partial charge in [0.1, 0.15) is 5.57 Å². The Morgan fingerprint density at radius 1 is 0.938 bits per heavy atom. The summed E-state index contributed by atoms with van der Waals surface area (Å²) >= 11 is 0. The van der Waals surface area contributed by atoms with E-state index in [1.165, 1.54) is 6.08 Å². The molecule has 1 aliphatic rings. The molecule has 3 aromatic rings. The van der Waals surface area contributed by atoms with Crippen LogP contribution in [0.5, 0.6) is 0 Å². The Morgan fingerprint density at radius 2 is 1.66 bits per heavy atom. The molecular formula is C26H25N3O3. The van der Waals surface area contributed by atoms with Gasteiger partial charge in [-0.2, -0.15) is 0 Å². The average Bonchev–Trinajstić information content (AvgIpc) is 3.23. The van der Waals surface area contributed by atoms with Gasteiger partial charge in [0.05, 0.1) is 5.69 Å². The smallest absolute Gasteiger partial charge is 0.335 e. The van der Waals surface area contributed by atoms with Crippen LogP contribution in [0.1, 0.15) is 43.0 Å². The number of nitrogens with zero attached hydrogens (tertiary/aromatic N) is 2. The first kappa shape index (κ1) is 21.3. The van der Waals surface area contributed by atoms with Gasteiger partial charge in [0, 0.05) is 18.4 Å². The summed E-state index contributed by atoms with van der Waals surface area (Å²) in [4.78, 5) is 39.2. The molecule has 1 N–H and O–H groups in total. The summed E-state index contributed by atoms with van der Waals surface area (Å²) in [6, 6.07) is 20.2. The first-order valence-corrected chi connectivity index (χ1v) is 10.7. The molecule has 0 spiro atoms. The van der Waals surface area contributed by atoms with Gasteiger partial charge in [-0.15, -0.1) is 0 Å². The van der Waals surface area contributed by atoms with E-state index < -0.39 is 17.8 Å². The molecule has 4 amide bonds. The maximum atomic E-state index is 13.2. The molecule has 1 aliphatic heterocycles. The van der Waals surface area contributed by atoms with Gasteiger partial charge in [0.15, 0.2) is 0 Å². The highest BCUT2D eigenvalue weighted by molar-refractivity contribution is 6.39. The molecule has 0 bridgehead atoms. The molecule has 162 valence electrons. The highest BCUT2D eigenvalue weighted by atomic mass is 16.2. The van der Waals surface area contributed by atoms with E-state index in [1.807, 2.05) is 65.4 Å². The van der Waals surface area contributed by atoms with E-state index in [2.05, 4.69) is 19.2 Å². The van der Waals surface area contributed by atoms with Crippen LogP contribution >= 0.6 is 0 Å². The molecular weight excluding hydrogens is 402 g/mol. The molecule has 6 heteroatoms. The third kappa shape index (κ3) is 4.25. The van der Waals surface area contributed by atoms with Gasteiger partial charge >= 0.3 is 6.03 Å². The zero-order valence-electron chi connectivity index (χ0n) is 18.1. The van der Waals surface area contributed by atoms with Crippen molar-refractivity contribution in [1.29, 1.82) is 0 Å². The van der Waals surface area contributed by atoms with Crippen molar-refractivity contribution in [2.24, 2.45) is 0 Å². The molecule has 1 aromatic heterocycles. The number of nitrogens with one attached hydrogen (secondary N) is 1. The number of aromatic nitrogens is 1. The molecule has 1 unspecified atom stereocenters. The molecule has 1 fully saturated rings. The van der Waals surface area contributed by atoms with Crippen LogP contribution in [0.4, 0.5) is 10.5 Å². The fourth-order valence-corrected chi connectivity index (χ4v) is 3.71. The Balaban J connectivity index is 1.63. The highest BCUT2D eigenvalue weighted by Gasteiger charge is 2.37. The number of barbiturate groups is 1. The third-order valence-electron chi connectivity index (χ3n) is 5.79. The third-order valence-corrected chi connectivity index (χ3v) is 5.79. The van der Waals surface area contributed by atoms with E-state index in [-0.39, 0.29) is 5.57 Å². The number of urea groups is 1. The lowest BCUT2D eigenvalue weighted by molar-refractivity contribution is -0.122. The predicted molar refractivity (Wildman–Crippen MR) is 124 cm³/mol. The minimum atomic E-state index is -0.742. The van der Waals surface area contributed by atoms with E-state index in [9.17, 15) is 14.4 Å². The monoisotopic (exact) mass is 427 g/mol. The van der Waals surface area contributed by atoms with Crippen molar-refractivity contribution in [2.45, 2.75) is 32.7 Å². The fraction of sp³-hybridized carbons (Fsp3) is 0.192. The summed E-state index contributed by atoms with van der Waals surface area (Å²) in [7, 11) is 0. The summed E-state index contributed by atoms with van der Waals surface area (Å²) in [6.07, 6.45) is 4.42. The highest BCUT2D eigenvalue weighted by Crippen LogP contribution is 2.25. The van der Waals surface area contributed by atoms with Crippen LogP contribution in [0.3, 0.4) is 0 Å². The van der Waals surface area contributed by atoms with Gasteiger partial charge < -0.3 is 4.57 Å². The number of anilines is 1. The lowest BCUT2D eigenvalue weighted by Crippen LogP contribution is -2.54. The van der Waals surface area contributed by atoms with Crippen LogP contribution in [0.2, 0.25) is 0 Å². The lowest BCUT2D eigenvalue weighted by atomic mass is 9.98. The van der Waals surface area contributed by atoms with Crippen molar-refractivity contribution in [3.8, 4) is 0 Å². The quantitative estimate of drug-likeness (QED) is 0.457. The molecule has 1 saturated heterocycles. The van der Waals surface area contributed by atoms with Crippen LogP contribution in [0.25, 0.3) is 6.08 Å². The molecule has 0 radical (unpaired) electrons. The molecule has 0 aliphatic carbocycles. The largest absolute Gasteiger partial charge is 0.344 e. The Hall–Kier alpha value is -3.93. The second kappa shape index (κ2) is 9.06. The summed E-state index contributed by atoms with van der Waals surface area (Å²) in [5.41, 5.74) is 3.28. The van der Waals surface area contributed by atoms with E-state index in [0.29, 0.717) is 23.8 Å². The van der Waals surface area contributed by atoms with Gasteiger partial charge in [-0.05, 0) is 53.8 Å². The molecule has 4 rings (SSSR count). The van der Waals surface area contributed by atoms with Crippen LogP contribution in [-0.4, -0.2) is 22.4 Å². The summed E-state index contributed by atoms with van der Waals surface area (Å²) < 4.78 is 1.95. The van der Waals surface area contributed by atoms with E-state index in [0.717, 1.165) is 22.4 Å². The van der Waals surface area contributed by atoms with Gasteiger partial charge in [0.25, 0.3) is 11.8 Å². The molecule has 6 nitrogen and oxygen atoms in total. The van der Waals surface area contributed by atoms with E-state index in [4.69, 9.17) is 0 Å². The van der Waals surface area contributed by atoms with Crippen molar-refractivity contribution in [1.82, 2.24) is 9.88 Å².